The lowest BCUT2D eigenvalue weighted by Gasteiger charge is -2.23. The summed E-state index contributed by atoms with van der Waals surface area (Å²) in [5.74, 6) is -0.524. The summed E-state index contributed by atoms with van der Waals surface area (Å²) in [6.45, 7) is 3.18. The molecule has 3 rings (SSSR count). The molecule has 0 bridgehead atoms. The van der Waals surface area contributed by atoms with E-state index in [1.165, 1.54) is 0 Å². The summed E-state index contributed by atoms with van der Waals surface area (Å²) in [7, 11) is 0. The number of piperidine rings is 1. The van der Waals surface area contributed by atoms with Gasteiger partial charge in [0.1, 0.15) is 0 Å². The van der Waals surface area contributed by atoms with E-state index in [-0.39, 0.29) is 23.6 Å². The third-order valence-electron chi connectivity index (χ3n) is 4.38. The molecule has 0 aliphatic carbocycles. The standard InChI is InChI=1S/C16H18N2O3/c1-10-3-2-4-12-13(10)9-18(16(12)21)8-7-11-5-6-14(19)17-15(11)20/h2-4,11H,5-9H2,1H3,(H,17,19,20). The lowest BCUT2D eigenvalue weighted by molar-refractivity contribution is -0.136. The summed E-state index contributed by atoms with van der Waals surface area (Å²) < 4.78 is 0. The Morgan fingerprint density at radius 3 is 2.81 bits per heavy atom. The first-order chi connectivity index (χ1) is 10.1. The van der Waals surface area contributed by atoms with Gasteiger partial charge in [0.15, 0.2) is 0 Å². The molecule has 0 spiro atoms. The van der Waals surface area contributed by atoms with E-state index >= 15 is 0 Å². The van der Waals surface area contributed by atoms with E-state index in [1.807, 2.05) is 25.1 Å². The molecule has 3 amide bonds. The van der Waals surface area contributed by atoms with Crippen LogP contribution in [0.15, 0.2) is 18.2 Å². The first kappa shape index (κ1) is 13.8. The van der Waals surface area contributed by atoms with Crippen LogP contribution in [0.4, 0.5) is 0 Å². The van der Waals surface area contributed by atoms with E-state index in [1.54, 1.807) is 4.90 Å². The normalized spacial score (nSPS) is 21.5. The molecule has 0 aromatic heterocycles. The third kappa shape index (κ3) is 2.55. The number of nitrogens with zero attached hydrogens (tertiary/aromatic N) is 1. The van der Waals surface area contributed by atoms with Crippen LogP contribution in [0.2, 0.25) is 0 Å². The summed E-state index contributed by atoms with van der Waals surface area (Å²) in [5, 5.41) is 2.36. The van der Waals surface area contributed by atoms with Gasteiger partial charge in [-0.3, -0.25) is 19.7 Å². The van der Waals surface area contributed by atoms with Crippen LogP contribution in [0.25, 0.3) is 0 Å². The number of nitrogens with one attached hydrogen (secondary N) is 1. The fraction of sp³-hybridized carbons (Fsp3) is 0.438. The Bertz CT molecular complexity index is 624. The van der Waals surface area contributed by atoms with Gasteiger partial charge in [0.25, 0.3) is 5.91 Å². The molecular formula is C16H18N2O3. The highest BCUT2D eigenvalue weighted by molar-refractivity contribution is 5.99. The van der Waals surface area contributed by atoms with Gasteiger partial charge in [-0.15, -0.1) is 0 Å². The van der Waals surface area contributed by atoms with Gasteiger partial charge in [-0.2, -0.15) is 0 Å². The number of aryl methyl sites for hydroxylation is 1. The molecule has 1 N–H and O–H groups in total. The second-order valence-corrected chi connectivity index (χ2v) is 5.76. The van der Waals surface area contributed by atoms with Crippen molar-refractivity contribution >= 4 is 17.7 Å². The Morgan fingerprint density at radius 2 is 2.10 bits per heavy atom. The molecule has 1 fully saturated rings. The summed E-state index contributed by atoms with van der Waals surface area (Å²) in [6, 6.07) is 5.77. The second-order valence-electron chi connectivity index (χ2n) is 5.76. The van der Waals surface area contributed by atoms with E-state index in [0.717, 1.165) is 16.7 Å². The van der Waals surface area contributed by atoms with Crippen molar-refractivity contribution in [3.05, 3.63) is 34.9 Å². The number of fused-ring (bicyclic) bond motifs is 1. The average Bonchev–Trinajstić information content (AvgIpc) is 2.77. The Morgan fingerprint density at radius 1 is 1.29 bits per heavy atom. The van der Waals surface area contributed by atoms with Crippen LogP contribution in [0.1, 0.15) is 40.7 Å². The topological polar surface area (TPSA) is 66.5 Å². The highest BCUT2D eigenvalue weighted by Crippen LogP contribution is 2.26. The molecule has 21 heavy (non-hydrogen) atoms. The number of amides is 3. The van der Waals surface area contributed by atoms with E-state index in [4.69, 9.17) is 0 Å². The van der Waals surface area contributed by atoms with Crippen molar-refractivity contribution in [2.24, 2.45) is 5.92 Å². The molecule has 1 saturated heterocycles. The fourth-order valence-electron chi connectivity index (χ4n) is 3.05. The molecule has 1 aromatic carbocycles. The summed E-state index contributed by atoms with van der Waals surface area (Å²) in [6.07, 6.45) is 1.58. The monoisotopic (exact) mass is 286 g/mol. The minimum absolute atomic E-state index is 0.0426. The first-order valence-electron chi connectivity index (χ1n) is 7.27. The van der Waals surface area contributed by atoms with Gasteiger partial charge in [0.05, 0.1) is 0 Å². The van der Waals surface area contributed by atoms with Crippen molar-refractivity contribution in [3.63, 3.8) is 0 Å². The molecule has 1 atom stereocenters. The van der Waals surface area contributed by atoms with Crippen LogP contribution in [-0.2, 0) is 16.1 Å². The molecule has 110 valence electrons. The van der Waals surface area contributed by atoms with E-state index in [9.17, 15) is 14.4 Å². The Labute approximate surface area is 123 Å². The zero-order chi connectivity index (χ0) is 15.0. The van der Waals surface area contributed by atoms with Crippen molar-refractivity contribution < 1.29 is 14.4 Å². The summed E-state index contributed by atoms with van der Waals surface area (Å²) in [4.78, 5) is 37.0. The number of hydrogen-bond donors (Lipinski definition) is 1. The minimum atomic E-state index is -0.202. The zero-order valence-electron chi connectivity index (χ0n) is 12.0. The summed E-state index contributed by atoms with van der Waals surface area (Å²) in [5.41, 5.74) is 2.99. The SMILES string of the molecule is Cc1cccc2c1CN(CCC1CCC(=O)NC1=O)C2=O. The molecular weight excluding hydrogens is 268 g/mol. The summed E-state index contributed by atoms with van der Waals surface area (Å²) >= 11 is 0. The van der Waals surface area contributed by atoms with Crippen LogP contribution >= 0.6 is 0 Å². The Hall–Kier alpha value is -2.17. The predicted octanol–water partition coefficient (Wildman–Crippen LogP) is 1.39. The number of benzene rings is 1. The molecule has 2 aliphatic heterocycles. The molecule has 0 radical (unpaired) electrons. The maximum Gasteiger partial charge on any atom is 0.254 e. The average molecular weight is 286 g/mol. The fourth-order valence-corrected chi connectivity index (χ4v) is 3.05. The smallest absolute Gasteiger partial charge is 0.254 e. The molecule has 5 heteroatoms. The quantitative estimate of drug-likeness (QED) is 0.854. The molecule has 1 unspecified atom stereocenters. The van der Waals surface area contributed by atoms with Gasteiger partial charge in [0.2, 0.25) is 11.8 Å². The predicted molar refractivity (Wildman–Crippen MR) is 76.4 cm³/mol. The molecule has 5 nitrogen and oxygen atoms in total. The minimum Gasteiger partial charge on any atom is -0.334 e. The van der Waals surface area contributed by atoms with Crippen molar-refractivity contribution in [3.8, 4) is 0 Å². The van der Waals surface area contributed by atoms with E-state index in [0.29, 0.717) is 32.4 Å². The molecule has 2 aliphatic rings. The third-order valence-corrected chi connectivity index (χ3v) is 4.38. The van der Waals surface area contributed by atoms with Crippen molar-refractivity contribution in [1.29, 1.82) is 0 Å². The number of rotatable bonds is 3. The maximum atomic E-state index is 12.3. The van der Waals surface area contributed by atoms with Crippen LogP contribution in [-0.4, -0.2) is 29.2 Å². The van der Waals surface area contributed by atoms with Gasteiger partial charge >= 0.3 is 0 Å². The van der Waals surface area contributed by atoms with Gasteiger partial charge < -0.3 is 4.90 Å². The molecule has 1 aromatic rings. The van der Waals surface area contributed by atoms with Crippen LogP contribution < -0.4 is 5.32 Å². The van der Waals surface area contributed by atoms with E-state index in [2.05, 4.69) is 5.32 Å². The van der Waals surface area contributed by atoms with Gasteiger partial charge in [-0.05, 0) is 37.0 Å². The number of carbonyl (C=O) groups excluding carboxylic acids is 3. The van der Waals surface area contributed by atoms with Crippen LogP contribution in [0.5, 0.6) is 0 Å². The van der Waals surface area contributed by atoms with Crippen molar-refractivity contribution in [1.82, 2.24) is 10.2 Å². The number of hydrogen-bond acceptors (Lipinski definition) is 3. The second kappa shape index (κ2) is 5.31. The highest BCUT2D eigenvalue weighted by Gasteiger charge is 2.31. The molecule has 0 saturated carbocycles. The Balaban J connectivity index is 1.63. The zero-order valence-corrected chi connectivity index (χ0v) is 12.0. The lowest BCUT2D eigenvalue weighted by atomic mass is 9.94. The van der Waals surface area contributed by atoms with Gasteiger partial charge in [-0.25, -0.2) is 0 Å². The maximum absolute atomic E-state index is 12.3. The van der Waals surface area contributed by atoms with Gasteiger partial charge in [-0.1, -0.05) is 12.1 Å². The van der Waals surface area contributed by atoms with E-state index < -0.39 is 0 Å². The van der Waals surface area contributed by atoms with Crippen LogP contribution in [0, 0.1) is 12.8 Å². The van der Waals surface area contributed by atoms with Crippen LogP contribution in [0.3, 0.4) is 0 Å². The Kier molecular flexibility index (Phi) is 3.49. The molecule has 2 heterocycles. The number of carbonyl (C=O) groups is 3. The van der Waals surface area contributed by atoms with Gasteiger partial charge in [0, 0.05) is 31.0 Å². The first-order valence-corrected chi connectivity index (χ1v) is 7.27. The van der Waals surface area contributed by atoms with Crippen molar-refractivity contribution in [2.75, 3.05) is 6.54 Å². The largest absolute Gasteiger partial charge is 0.334 e. The highest BCUT2D eigenvalue weighted by atomic mass is 16.2. The van der Waals surface area contributed by atoms with Crippen molar-refractivity contribution in [2.45, 2.75) is 32.7 Å². The lowest BCUT2D eigenvalue weighted by Crippen LogP contribution is -2.42. The number of imide groups is 1.